The average molecular weight is 278 g/mol. The van der Waals surface area contributed by atoms with Crippen LogP contribution in [0.2, 0.25) is 0 Å². The molecule has 14 heavy (non-hydrogen) atoms. The Morgan fingerprint density at radius 3 is 2.07 bits per heavy atom. The van der Waals surface area contributed by atoms with Gasteiger partial charge in [0.2, 0.25) is 0 Å². The van der Waals surface area contributed by atoms with Crippen LogP contribution in [-0.2, 0) is 11.8 Å². The molecule has 1 nitrogen and oxygen atoms in total. The van der Waals surface area contributed by atoms with Gasteiger partial charge in [0.25, 0.3) is 0 Å². The lowest BCUT2D eigenvalue weighted by atomic mass is 10.4. The van der Waals surface area contributed by atoms with Crippen LogP contribution in [0.3, 0.4) is 0 Å². The van der Waals surface area contributed by atoms with Crippen LogP contribution in [0.15, 0.2) is 34.8 Å². The zero-order valence-electron chi connectivity index (χ0n) is 6.65. The minimum Gasteiger partial charge on any atom is -0.174 e. The summed E-state index contributed by atoms with van der Waals surface area (Å²) in [5, 5.41) is -0.312. The van der Waals surface area contributed by atoms with Crippen molar-refractivity contribution >= 4 is 41.9 Å². The zero-order valence-corrected chi connectivity index (χ0v) is 10.0. The maximum Gasteiger partial charge on any atom is 0.329 e. The Hall–Kier alpha value is 0.180. The zero-order chi connectivity index (χ0) is 10.8. The molecule has 0 N–H and O–H groups in total. The highest BCUT2D eigenvalue weighted by Crippen LogP contribution is 2.67. The second-order valence-electron chi connectivity index (χ2n) is 2.34. The van der Waals surface area contributed by atoms with Gasteiger partial charge < -0.3 is 0 Å². The van der Waals surface area contributed by atoms with Crippen molar-refractivity contribution < 1.29 is 12.6 Å². The van der Waals surface area contributed by atoms with E-state index in [2.05, 4.69) is 16.3 Å². The van der Waals surface area contributed by atoms with Crippen molar-refractivity contribution in [2.75, 3.05) is 0 Å². The van der Waals surface area contributed by atoms with E-state index in [1.165, 1.54) is 24.3 Å². The summed E-state index contributed by atoms with van der Waals surface area (Å²) in [6.07, 6.45) is 0. The van der Waals surface area contributed by atoms with E-state index in [1.807, 2.05) is 0 Å². The van der Waals surface area contributed by atoms with Crippen molar-refractivity contribution in [2.45, 2.75) is 0 Å². The van der Waals surface area contributed by atoms with Gasteiger partial charge >= 0.3 is 13.5 Å². The normalized spacial score (nSPS) is 16.0. The van der Waals surface area contributed by atoms with Gasteiger partial charge in [0, 0.05) is 0 Å². The van der Waals surface area contributed by atoms with Crippen LogP contribution in [0.1, 0.15) is 0 Å². The van der Waals surface area contributed by atoms with Gasteiger partial charge in [-0.1, -0.05) is 18.2 Å². The fraction of sp³-hybridized carbons (Fsp3) is 0. The molecule has 1 aromatic carbocycles. The molecular formula is C6H5ClF3NP2S. The minimum absolute atomic E-state index is 0.312. The van der Waals surface area contributed by atoms with Crippen molar-refractivity contribution in [3.05, 3.63) is 30.3 Å². The van der Waals surface area contributed by atoms with Crippen LogP contribution >= 0.6 is 24.8 Å². The predicted octanol–water partition coefficient (Wildman–Crippen LogP) is 4.71. The Morgan fingerprint density at radius 2 is 1.64 bits per heavy atom. The molecule has 1 unspecified atom stereocenters. The van der Waals surface area contributed by atoms with Gasteiger partial charge in [-0.3, -0.25) is 0 Å². The lowest BCUT2D eigenvalue weighted by Crippen LogP contribution is -1.95. The van der Waals surface area contributed by atoms with E-state index in [9.17, 15) is 12.6 Å². The summed E-state index contributed by atoms with van der Waals surface area (Å²) in [5.74, 6) is -4.22. The van der Waals surface area contributed by atoms with E-state index in [4.69, 9.17) is 11.2 Å². The van der Waals surface area contributed by atoms with Crippen LogP contribution in [0, 0.1) is 0 Å². The first kappa shape index (κ1) is 12.3. The monoisotopic (exact) mass is 277 g/mol. The number of hydrogen-bond donors (Lipinski definition) is 0. The largest absolute Gasteiger partial charge is 0.329 e. The highest BCUT2D eigenvalue weighted by molar-refractivity contribution is 8.24. The van der Waals surface area contributed by atoms with E-state index >= 15 is 0 Å². The molecule has 78 valence electrons. The highest BCUT2D eigenvalue weighted by Gasteiger charge is 2.25. The Kier molecular flexibility index (Phi) is 3.81. The molecule has 0 aliphatic carbocycles. The number of nitrogens with zero attached hydrogens (tertiary/aromatic N) is 1. The van der Waals surface area contributed by atoms with E-state index in [-0.39, 0.29) is 5.30 Å². The third-order valence-corrected chi connectivity index (χ3v) is 5.20. The molecule has 0 aromatic heterocycles. The molecule has 0 saturated heterocycles. The van der Waals surface area contributed by atoms with Crippen molar-refractivity contribution in [3.63, 3.8) is 0 Å². The Bertz CT molecular complexity index is 412. The molecule has 0 bridgehead atoms. The van der Waals surface area contributed by atoms with Gasteiger partial charge in [-0.15, -0.1) is 0 Å². The smallest absolute Gasteiger partial charge is 0.174 e. The molecule has 8 heteroatoms. The van der Waals surface area contributed by atoms with E-state index in [0.717, 1.165) is 0 Å². The van der Waals surface area contributed by atoms with Crippen LogP contribution in [0.25, 0.3) is 0 Å². The molecule has 0 spiro atoms. The summed E-state index contributed by atoms with van der Waals surface area (Å²) in [6, 6.07) is 6.79. The van der Waals surface area contributed by atoms with Crippen molar-refractivity contribution in [2.24, 2.45) is 4.52 Å². The standard InChI is InChI=1S/C6H5ClF3NP2S/c7-13(10,14)11-12(8,9)6-4-2-1-3-5-6/h1-5H. The first-order valence-corrected chi connectivity index (χ1v) is 8.47. The summed E-state index contributed by atoms with van der Waals surface area (Å²) >= 11 is 8.93. The second kappa shape index (κ2) is 4.36. The molecule has 1 rings (SSSR count). The maximum atomic E-state index is 13.2. The molecular weight excluding hydrogens is 273 g/mol. The lowest BCUT2D eigenvalue weighted by Gasteiger charge is -2.06. The lowest BCUT2D eigenvalue weighted by molar-refractivity contribution is 0.742. The number of halogens is 4. The van der Waals surface area contributed by atoms with Gasteiger partial charge in [0.1, 0.15) is 0 Å². The fourth-order valence-electron chi connectivity index (χ4n) is 0.790. The molecule has 1 atom stereocenters. The van der Waals surface area contributed by atoms with Gasteiger partial charge in [-0.2, -0.15) is 17.1 Å². The number of hydrogen-bond acceptors (Lipinski definition) is 1. The quantitative estimate of drug-likeness (QED) is 0.713. The fourth-order valence-corrected chi connectivity index (χ4v) is 4.37. The third kappa shape index (κ3) is 3.74. The topological polar surface area (TPSA) is 12.4 Å². The highest BCUT2D eigenvalue weighted by atomic mass is 35.7. The third-order valence-electron chi connectivity index (χ3n) is 1.28. The second-order valence-corrected chi connectivity index (χ2v) is 8.81. The van der Waals surface area contributed by atoms with E-state index in [1.54, 1.807) is 6.07 Å². The number of rotatable bonds is 2. The first-order valence-electron chi connectivity index (χ1n) is 3.39. The summed E-state index contributed by atoms with van der Waals surface area (Å²) in [4.78, 5) is 0. The van der Waals surface area contributed by atoms with Crippen molar-refractivity contribution in [3.8, 4) is 0 Å². The summed E-state index contributed by atoms with van der Waals surface area (Å²) in [6.45, 7) is 0. The molecule has 0 aliphatic heterocycles. The summed E-state index contributed by atoms with van der Waals surface area (Å²) in [7, 11) is -4.85. The minimum atomic E-state index is -4.85. The summed E-state index contributed by atoms with van der Waals surface area (Å²) < 4.78 is 41.7. The van der Waals surface area contributed by atoms with Crippen LogP contribution in [-0.4, -0.2) is 0 Å². The van der Waals surface area contributed by atoms with Crippen molar-refractivity contribution in [1.82, 2.24) is 0 Å². The van der Waals surface area contributed by atoms with Crippen LogP contribution < -0.4 is 5.30 Å². The van der Waals surface area contributed by atoms with E-state index < -0.39 is 13.5 Å². The van der Waals surface area contributed by atoms with Gasteiger partial charge in [0.05, 0.1) is 5.30 Å². The maximum absolute atomic E-state index is 13.2. The van der Waals surface area contributed by atoms with Gasteiger partial charge in [0.15, 0.2) is 0 Å². The van der Waals surface area contributed by atoms with Crippen LogP contribution in [0.5, 0.6) is 0 Å². The van der Waals surface area contributed by atoms with E-state index in [0.29, 0.717) is 0 Å². The van der Waals surface area contributed by atoms with Crippen LogP contribution in [0.4, 0.5) is 12.6 Å². The Morgan fingerprint density at radius 1 is 1.14 bits per heavy atom. The van der Waals surface area contributed by atoms with Crippen molar-refractivity contribution in [1.29, 1.82) is 0 Å². The molecule has 0 fully saturated rings. The van der Waals surface area contributed by atoms with Gasteiger partial charge in [-0.05, 0) is 35.2 Å². The Balaban J connectivity index is 3.22. The molecule has 0 radical (unpaired) electrons. The SMILES string of the molecule is FP(=S)(Cl)N=P(F)(F)c1ccccc1. The number of benzene rings is 1. The predicted molar refractivity (Wildman–Crippen MR) is 58.9 cm³/mol. The summed E-state index contributed by atoms with van der Waals surface area (Å²) in [5.41, 5.74) is 0. The first-order chi connectivity index (χ1) is 6.31. The molecule has 0 aliphatic rings. The Labute approximate surface area is 89.6 Å². The molecule has 0 amide bonds. The molecule has 0 saturated carbocycles. The molecule has 0 heterocycles. The average Bonchev–Trinajstić information content (AvgIpc) is 2.01. The van der Waals surface area contributed by atoms with Gasteiger partial charge in [-0.25, -0.2) is 0 Å². The molecule has 1 aromatic rings.